The van der Waals surface area contributed by atoms with Gasteiger partial charge in [-0.25, -0.2) is 0 Å². The van der Waals surface area contributed by atoms with E-state index in [0.717, 1.165) is 0 Å². The predicted octanol–water partition coefficient (Wildman–Crippen LogP) is 2.52. The highest BCUT2D eigenvalue weighted by molar-refractivity contribution is 7.92. The van der Waals surface area contributed by atoms with E-state index in [4.69, 9.17) is 23.2 Å². The molecule has 0 spiro atoms. The molecule has 0 radical (unpaired) electrons. The van der Waals surface area contributed by atoms with Gasteiger partial charge in [0.25, 0.3) is 10.0 Å². The highest BCUT2D eigenvalue weighted by Crippen LogP contribution is 2.31. The fourth-order valence-corrected chi connectivity index (χ4v) is 2.79. The predicted molar refractivity (Wildman–Crippen MR) is 65.9 cm³/mol. The third kappa shape index (κ3) is 2.54. The van der Waals surface area contributed by atoms with Crippen LogP contribution in [0, 0.1) is 0 Å². The highest BCUT2D eigenvalue weighted by Gasteiger charge is 2.18. The second kappa shape index (κ2) is 4.56. The van der Waals surface area contributed by atoms with E-state index in [9.17, 15) is 8.42 Å². The molecule has 2 aromatic rings. The summed E-state index contributed by atoms with van der Waals surface area (Å²) in [4.78, 5) is 0. The lowest BCUT2D eigenvalue weighted by atomic mass is 10.3. The molecular formula is C9H7Cl2N3O2S. The van der Waals surface area contributed by atoms with Crippen LogP contribution >= 0.6 is 23.2 Å². The van der Waals surface area contributed by atoms with Gasteiger partial charge in [-0.05, 0) is 18.2 Å². The molecule has 2 N–H and O–H groups in total. The SMILES string of the molecule is O=S(=O)(Nc1c(Cl)cccc1Cl)c1ccn[nH]1. The summed E-state index contributed by atoms with van der Waals surface area (Å²) in [7, 11) is -3.75. The number of H-pyrrole nitrogens is 1. The smallest absolute Gasteiger partial charge is 0.275 e. The minimum atomic E-state index is -3.75. The van der Waals surface area contributed by atoms with Crippen molar-refractivity contribution in [2.75, 3.05) is 4.72 Å². The maximum absolute atomic E-state index is 11.9. The molecule has 2 rings (SSSR count). The first kappa shape index (κ1) is 12.2. The Morgan fingerprint density at radius 2 is 1.82 bits per heavy atom. The van der Waals surface area contributed by atoms with E-state index < -0.39 is 10.0 Å². The van der Waals surface area contributed by atoms with Crippen molar-refractivity contribution in [3.8, 4) is 0 Å². The molecule has 0 aliphatic rings. The van der Waals surface area contributed by atoms with E-state index in [1.54, 1.807) is 6.07 Å². The molecule has 17 heavy (non-hydrogen) atoms. The van der Waals surface area contributed by atoms with Crippen LogP contribution in [0.1, 0.15) is 0 Å². The zero-order valence-electron chi connectivity index (χ0n) is 8.31. The van der Waals surface area contributed by atoms with Gasteiger partial charge < -0.3 is 0 Å². The van der Waals surface area contributed by atoms with E-state index in [0.29, 0.717) is 0 Å². The Labute approximate surface area is 108 Å². The minimum absolute atomic E-state index is 0.0616. The second-order valence-electron chi connectivity index (χ2n) is 3.12. The van der Waals surface area contributed by atoms with Crippen LogP contribution in [0.2, 0.25) is 10.0 Å². The number of aromatic amines is 1. The maximum atomic E-state index is 11.9. The van der Waals surface area contributed by atoms with Gasteiger partial charge in [0.15, 0.2) is 5.03 Å². The quantitative estimate of drug-likeness (QED) is 0.912. The first-order valence-corrected chi connectivity index (χ1v) is 6.71. The molecule has 5 nitrogen and oxygen atoms in total. The van der Waals surface area contributed by atoms with E-state index in [1.807, 2.05) is 0 Å². The van der Waals surface area contributed by atoms with Gasteiger partial charge in [0.1, 0.15) is 0 Å². The number of halogens is 2. The van der Waals surface area contributed by atoms with Crippen LogP contribution in [0.3, 0.4) is 0 Å². The molecule has 0 saturated heterocycles. The lowest BCUT2D eigenvalue weighted by Gasteiger charge is -2.09. The van der Waals surface area contributed by atoms with Crippen LogP contribution in [-0.4, -0.2) is 18.6 Å². The van der Waals surface area contributed by atoms with Crippen LogP contribution < -0.4 is 4.72 Å². The summed E-state index contributed by atoms with van der Waals surface area (Å²) in [5, 5.41) is 6.30. The topological polar surface area (TPSA) is 74.8 Å². The van der Waals surface area contributed by atoms with Crippen molar-refractivity contribution in [3.63, 3.8) is 0 Å². The van der Waals surface area contributed by atoms with Gasteiger partial charge in [0.05, 0.1) is 21.9 Å². The summed E-state index contributed by atoms with van der Waals surface area (Å²) < 4.78 is 26.0. The standard InChI is InChI=1S/C9H7Cl2N3O2S/c10-6-2-1-3-7(11)9(6)14-17(15,16)8-4-5-12-13-8/h1-5,14H,(H,12,13). The number of hydrogen-bond donors (Lipinski definition) is 2. The van der Waals surface area contributed by atoms with E-state index in [-0.39, 0.29) is 20.8 Å². The van der Waals surface area contributed by atoms with Crippen LogP contribution in [0.15, 0.2) is 35.5 Å². The summed E-state index contributed by atoms with van der Waals surface area (Å²) in [6, 6.07) is 6.03. The van der Waals surface area contributed by atoms with Gasteiger partial charge in [-0.2, -0.15) is 13.5 Å². The van der Waals surface area contributed by atoms with E-state index in [2.05, 4.69) is 14.9 Å². The summed E-state index contributed by atoms with van der Waals surface area (Å²) in [5.41, 5.74) is 0.144. The largest absolute Gasteiger partial charge is 0.278 e. The monoisotopic (exact) mass is 291 g/mol. The fraction of sp³-hybridized carbons (Fsp3) is 0. The number of nitrogens with one attached hydrogen (secondary N) is 2. The molecule has 0 saturated carbocycles. The van der Waals surface area contributed by atoms with Gasteiger partial charge in [-0.15, -0.1) is 0 Å². The number of hydrogen-bond acceptors (Lipinski definition) is 3. The first-order chi connectivity index (χ1) is 8.00. The lowest BCUT2D eigenvalue weighted by molar-refractivity contribution is 0.597. The molecule has 0 fully saturated rings. The molecule has 0 unspecified atom stereocenters. The van der Waals surface area contributed by atoms with Crippen LogP contribution in [-0.2, 0) is 10.0 Å². The second-order valence-corrected chi connectivity index (χ2v) is 5.59. The van der Waals surface area contributed by atoms with Gasteiger partial charge in [0, 0.05) is 0 Å². The lowest BCUT2D eigenvalue weighted by Crippen LogP contribution is -2.14. The van der Waals surface area contributed by atoms with Crippen LogP contribution in [0.5, 0.6) is 0 Å². The fourth-order valence-electron chi connectivity index (χ4n) is 1.18. The summed E-state index contributed by atoms with van der Waals surface area (Å²) in [5.74, 6) is 0. The third-order valence-electron chi connectivity index (χ3n) is 1.96. The summed E-state index contributed by atoms with van der Waals surface area (Å²) >= 11 is 11.7. The highest BCUT2D eigenvalue weighted by atomic mass is 35.5. The first-order valence-electron chi connectivity index (χ1n) is 4.47. The zero-order chi connectivity index (χ0) is 12.5. The number of rotatable bonds is 3. The Bertz CT molecular complexity index is 605. The summed E-state index contributed by atoms with van der Waals surface area (Å²) in [6.07, 6.45) is 1.34. The third-order valence-corrected chi connectivity index (χ3v) is 3.87. The van der Waals surface area contributed by atoms with Gasteiger partial charge >= 0.3 is 0 Å². The number of nitrogens with zero attached hydrogens (tertiary/aromatic N) is 1. The molecule has 1 aromatic heterocycles. The number of para-hydroxylation sites is 1. The van der Waals surface area contributed by atoms with Crippen molar-refractivity contribution < 1.29 is 8.42 Å². The Morgan fingerprint density at radius 3 is 2.35 bits per heavy atom. The molecule has 1 aromatic carbocycles. The van der Waals surface area contributed by atoms with Crippen molar-refractivity contribution in [3.05, 3.63) is 40.5 Å². The molecule has 90 valence electrons. The van der Waals surface area contributed by atoms with E-state index in [1.165, 1.54) is 24.4 Å². The van der Waals surface area contributed by atoms with Gasteiger partial charge in [-0.1, -0.05) is 29.3 Å². The van der Waals surface area contributed by atoms with Crippen molar-refractivity contribution in [2.24, 2.45) is 0 Å². The van der Waals surface area contributed by atoms with Crippen molar-refractivity contribution >= 4 is 38.9 Å². The molecule has 0 aliphatic heterocycles. The Morgan fingerprint density at radius 1 is 1.18 bits per heavy atom. The Hall–Kier alpha value is -1.24. The average molecular weight is 292 g/mol. The maximum Gasteiger partial charge on any atom is 0.278 e. The number of anilines is 1. The number of aromatic nitrogens is 2. The van der Waals surface area contributed by atoms with Gasteiger partial charge in [0.2, 0.25) is 0 Å². The molecule has 1 heterocycles. The van der Waals surface area contributed by atoms with Crippen molar-refractivity contribution in [1.29, 1.82) is 0 Å². The van der Waals surface area contributed by atoms with Crippen LogP contribution in [0.25, 0.3) is 0 Å². The molecule has 0 amide bonds. The van der Waals surface area contributed by atoms with Crippen molar-refractivity contribution in [2.45, 2.75) is 5.03 Å². The van der Waals surface area contributed by atoms with Crippen molar-refractivity contribution in [1.82, 2.24) is 10.2 Å². The minimum Gasteiger partial charge on any atom is -0.275 e. The molecule has 8 heteroatoms. The molecule has 0 bridgehead atoms. The molecular weight excluding hydrogens is 285 g/mol. The number of benzene rings is 1. The van der Waals surface area contributed by atoms with E-state index >= 15 is 0 Å². The zero-order valence-corrected chi connectivity index (χ0v) is 10.6. The normalized spacial score (nSPS) is 11.4. The Balaban J connectivity index is 2.40. The average Bonchev–Trinajstić information content (AvgIpc) is 2.77. The Kier molecular flexibility index (Phi) is 3.28. The van der Waals surface area contributed by atoms with Gasteiger partial charge in [-0.3, -0.25) is 9.82 Å². The summed E-state index contributed by atoms with van der Waals surface area (Å²) in [6.45, 7) is 0. The van der Waals surface area contributed by atoms with Crippen LogP contribution in [0.4, 0.5) is 5.69 Å². The molecule has 0 aliphatic carbocycles. The number of sulfonamides is 1. The molecule has 0 atom stereocenters.